The summed E-state index contributed by atoms with van der Waals surface area (Å²) in [6, 6.07) is 6.42. The normalized spacial score (nSPS) is 19.1. The highest BCUT2D eigenvalue weighted by Gasteiger charge is 2.29. The van der Waals surface area contributed by atoms with Crippen LogP contribution in [0.2, 0.25) is 0 Å². The van der Waals surface area contributed by atoms with E-state index in [0.29, 0.717) is 12.0 Å². The Morgan fingerprint density at radius 1 is 1.13 bits per heavy atom. The van der Waals surface area contributed by atoms with Gasteiger partial charge >= 0.3 is 0 Å². The first kappa shape index (κ1) is 20.0. The molecule has 3 heterocycles. The maximum atomic E-state index is 5.63. The molecule has 2 N–H and O–H groups in total. The lowest BCUT2D eigenvalue weighted by molar-refractivity contribution is 0.145. The Hall–Kier alpha value is -2.93. The number of rotatable bonds is 5. The number of likely N-dealkylation sites (tertiary alicyclic amines) is 1. The maximum Gasteiger partial charge on any atom is 0.227 e. The molecular formula is C24H30N6O. The first-order chi connectivity index (χ1) is 15.2. The van der Waals surface area contributed by atoms with Gasteiger partial charge in [0.1, 0.15) is 11.6 Å². The molecule has 1 unspecified atom stereocenters. The third kappa shape index (κ3) is 4.14. The number of aromatic nitrogens is 4. The first-order valence-corrected chi connectivity index (χ1v) is 11.3. The fourth-order valence-corrected chi connectivity index (χ4v) is 4.81. The Balaban J connectivity index is 1.40. The molecule has 5 rings (SSSR count). The van der Waals surface area contributed by atoms with Crippen LogP contribution in [0.25, 0.3) is 11.4 Å². The van der Waals surface area contributed by atoms with Crippen molar-refractivity contribution in [3.63, 3.8) is 0 Å². The molecule has 0 radical (unpaired) electrons. The van der Waals surface area contributed by atoms with Gasteiger partial charge in [0.15, 0.2) is 0 Å². The zero-order chi connectivity index (χ0) is 21.2. The van der Waals surface area contributed by atoms with E-state index in [1.54, 1.807) is 7.11 Å². The number of H-pyrrole nitrogens is 1. The molecule has 1 atom stereocenters. The third-order valence-electron chi connectivity index (χ3n) is 6.39. The minimum absolute atomic E-state index is 0.423. The predicted octanol–water partition coefficient (Wildman–Crippen LogP) is 4.79. The van der Waals surface area contributed by atoms with Gasteiger partial charge < -0.3 is 15.0 Å². The minimum Gasteiger partial charge on any atom is -0.496 e. The highest BCUT2D eigenvalue weighted by Crippen LogP contribution is 2.36. The highest BCUT2D eigenvalue weighted by molar-refractivity contribution is 5.70. The van der Waals surface area contributed by atoms with E-state index in [1.165, 1.54) is 56.5 Å². The van der Waals surface area contributed by atoms with E-state index in [-0.39, 0.29) is 0 Å². The summed E-state index contributed by atoms with van der Waals surface area (Å²) in [6.07, 6.45) is 11.3. The van der Waals surface area contributed by atoms with Gasteiger partial charge in [0.2, 0.25) is 5.95 Å². The number of nitrogens with zero attached hydrogens (tertiary/aromatic N) is 4. The van der Waals surface area contributed by atoms with Gasteiger partial charge in [-0.25, -0.2) is 15.0 Å². The van der Waals surface area contributed by atoms with E-state index >= 15 is 0 Å². The molecule has 1 aliphatic heterocycles. The zero-order valence-corrected chi connectivity index (χ0v) is 18.3. The van der Waals surface area contributed by atoms with Crippen molar-refractivity contribution >= 4 is 11.6 Å². The van der Waals surface area contributed by atoms with E-state index < -0.39 is 0 Å². The topological polar surface area (TPSA) is 79.0 Å². The van der Waals surface area contributed by atoms with E-state index in [2.05, 4.69) is 25.2 Å². The molecule has 1 fully saturated rings. The molecule has 31 heavy (non-hydrogen) atoms. The number of benzene rings is 1. The number of hydrogen-bond donors (Lipinski definition) is 2. The highest BCUT2D eigenvalue weighted by atomic mass is 16.5. The fourth-order valence-electron chi connectivity index (χ4n) is 4.81. The Labute approximate surface area is 183 Å². The maximum absolute atomic E-state index is 5.63. The van der Waals surface area contributed by atoms with Gasteiger partial charge in [-0.05, 0) is 69.8 Å². The van der Waals surface area contributed by atoms with Crippen molar-refractivity contribution in [3.8, 4) is 17.1 Å². The Bertz CT molecular complexity index is 1060. The molecule has 0 bridgehead atoms. The number of fused-ring (bicyclic) bond motifs is 1. The van der Waals surface area contributed by atoms with Crippen LogP contribution in [0.5, 0.6) is 5.75 Å². The smallest absolute Gasteiger partial charge is 0.227 e. The van der Waals surface area contributed by atoms with E-state index in [1.807, 2.05) is 37.5 Å². The van der Waals surface area contributed by atoms with Crippen LogP contribution in [0.3, 0.4) is 0 Å². The second-order valence-electron chi connectivity index (χ2n) is 8.54. The summed E-state index contributed by atoms with van der Waals surface area (Å²) in [4.78, 5) is 19.9. The molecule has 2 aromatic heterocycles. The average Bonchev–Trinajstić information content (AvgIpc) is 3.25. The van der Waals surface area contributed by atoms with Crippen LogP contribution in [0.4, 0.5) is 11.6 Å². The number of aryl methyl sites for hydroxylation is 2. The van der Waals surface area contributed by atoms with Gasteiger partial charge in [-0.15, -0.1) is 0 Å². The van der Waals surface area contributed by atoms with E-state index in [9.17, 15) is 0 Å². The molecule has 2 aliphatic rings. The van der Waals surface area contributed by atoms with Gasteiger partial charge in [-0.3, -0.25) is 4.90 Å². The summed E-state index contributed by atoms with van der Waals surface area (Å²) in [5.41, 5.74) is 5.28. The number of piperidine rings is 1. The van der Waals surface area contributed by atoms with E-state index in [0.717, 1.165) is 34.9 Å². The van der Waals surface area contributed by atoms with Crippen LogP contribution >= 0.6 is 0 Å². The largest absolute Gasteiger partial charge is 0.496 e. The van der Waals surface area contributed by atoms with Crippen LogP contribution < -0.4 is 10.1 Å². The molecule has 0 saturated carbocycles. The predicted molar refractivity (Wildman–Crippen MR) is 122 cm³/mol. The lowest BCUT2D eigenvalue weighted by Crippen LogP contribution is -2.36. The van der Waals surface area contributed by atoms with Crippen LogP contribution in [0.15, 0.2) is 30.6 Å². The zero-order valence-electron chi connectivity index (χ0n) is 18.3. The SMILES string of the molecule is COc1cc(Nc2ncc3c(n2)C(N2CCCCC2)CCC3)ccc1-c1nc(C)c[nH]1. The summed E-state index contributed by atoms with van der Waals surface area (Å²) >= 11 is 0. The van der Waals surface area contributed by atoms with Gasteiger partial charge in [0.05, 0.1) is 30.1 Å². The third-order valence-corrected chi connectivity index (χ3v) is 6.39. The van der Waals surface area contributed by atoms with Gasteiger partial charge in [0, 0.05) is 24.1 Å². The Morgan fingerprint density at radius 2 is 2.00 bits per heavy atom. The van der Waals surface area contributed by atoms with Crippen molar-refractivity contribution in [1.82, 2.24) is 24.8 Å². The van der Waals surface area contributed by atoms with Gasteiger partial charge in [-0.2, -0.15) is 0 Å². The van der Waals surface area contributed by atoms with Crippen LogP contribution in [-0.2, 0) is 6.42 Å². The molecule has 162 valence electrons. The summed E-state index contributed by atoms with van der Waals surface area (Å²) in [6.45, 7) is 4.33. The summed E-state index contributed by atoms with van der Waals surface area (Å²) in [5, 5.41) is 3.38. The van der Waals surface area contributed by atoms with Crippen molar-refractivity contribution in [2.45, 2.75) is 51.5 Å². The van der Waals surface area contributed by atoms with Crippen LogP contribution in [-0.4, -0.2) is 45.0 Å². The Kier molecular flexibility index (Phi) is 5.59. The number of ether oxygens (including phenoxy) is 1. The number of nitrogens with one attached hydrogen (secondary N) is 2. The van der Waals surface area contributed by atoms with Crippen LogP contribution in [0.1, 0.15) is 55.1 Å². The number of anilines is 2. The van der Waals surface area contributed by atoms with Crippen LogP contribution in [0, 0.1) is 6.92 Å². The van der Waals surface area contributed by atoms with E-state index in [4.69, 9.17) is 9.72 Å². The molecule has 7 heteroatoms. The molecular weight excluding hydrogens is 388 g/mol. The number of aromatic amines is 1. The van der Waals surface area contributed by atoms with Crippen molar-refractivity contribution < 1.29 is 4.74 Å². The summed E-state index contributed by atoms with van der Waals surface area (Å²) in [7, 11) is 1.68. The average molecular weight is 419 g/mol. The lowest BCUT2D eigenvalue weighted by Gasteiger charge is -2.37. The quantitative estimate of drug-likeness (QED) is 0.620. The number of imidazole rings is 1. The fraction of sp³-hybridized carbons (Fsp3) is 0.458. The molecule has 1 saturated heterocycles. The van der Waals surface area contributed by atoms with Gasteiger partial charge in [0.25, 0.3) is 0 Å². The minimum atomic E-state index is 0.423. The summed E-state index contributed by atoms with van der Waals surface area (Å²) < 4.78 is 5.63. The van der Waals surface area contributed by atoms with Crippen molar-refractivity contribution in [3.05, 3.63) is 47.5 Å². The molecule has 1 aliphatic carbocycles. The number of methoxy groups -OCH3 is 1. The van der Waals surface area contributed by atoms with Crippen molar-refractivity contribution in [1.29, 1.82) is 0 Å². The molecule has 3 aromatic rings. The molecule has 7 nitrogen and oxygen atoms in total. The second-order valence-corrected chi connectivity index (χ2v) is 8.54. The molecule has 1 aromatic carbocycles. The van der Waals surface area contributed by atoms with Gasteiger partial charge in [-0.1, -0.05) is 6.42 Å². The number of hydrogen-bond acceptors (Lipinski definition) is 6. The Morgan fingerprint density at radius 3 is 2.77 bits per heavy atom. The molecule has 0 spiro atoms. The van der Waals surface area contributed by atoms with Crippen molar-refractivity contribution in [2.24, 2.45) is 0 Å². The second kappa shape index (κ2) is 8.67. The standard InChI is InChI=1S/C24H30N6O/c1-16-14-25-23(27-16)19-10-9-18(13-21(19)31-2)28-24-26-15-17-7-6-8-20(22(17)29-24)30-11-4-3-5-12-30/h9-10,13-15,20H,3-8,11-12H2,1-2H3,(H,25,27)(H,26,28,29). The lowest BCUT2D eigenvalue weighted by atomic mass is 9.90. The monoisotopic (exact) mass is 418 g/mol. The van der Waals surface area contributed by atoms with Crippen molar-refractivity contribution in [2.75, 3.05) is 25.5 Å². The summed E-state index contributed by atoms with van der Waals surface area (Å²) in [5.74, 6) is 2.20. The first-order valence-electron chi connectivity index (χ1n) is 11.3. The molecule has 0 amide bonds.